The third-order valence-electron chi connectivity index (χ3n) is 12.3. The van der Waals surface area contributed by atoms with Crippen molar-refractivity contribution in [2.24, 2.45) is 0 Å². The molecule has 0 N–H and O–H groups in total. The Morgan fingerprint density at radius 2 is 0.750 bits per heavy atom. The van der Waals surface area contributed by atoms with Gasteiger partial charge in [-0.1, -0.05) is 146 Å². The minimum atomic E-state index is 1.06. The highest BCUT2D eigenvalue weighted by Crippen LogP contribution is 2.45. The Labute approximate surface area is 376 Å². The van der Waals surface area contributed by atoms with Gasteiger partial charge >= 0.3 is 0 Å². The number of hydrogen-bond donors (Lipinski definition) is 0. The predicted molar refractivity (Wildman–Crippen MR) is 274 cm³/mol. The molecule has 2 heterocycles. The van der Waals surface area contributed by atoms with Gasteiger partial charge in [0.25, 0.3) is 0 Å². The van der Waals surface area contributed by atoms with Gasteiger partial charge in [-0.05, 0) is 125 Å². The molecule has 3 nitrogen and oxygen atoms in total. The van der Waals surface area contributed by atoms with E-state index in [2.05, 4.69) is 263 Å². The summed E-state index contributed by atoms with van der Waals surface area (Å²) in [5.41, 5.74) is 14.7. The summed E-state index contributed by atoms with van der Waals surface area (Å²) in [7, 11) is 0. The number of fused-ring (bicyclic) bond motifs is 6. The highest BCUT2D eigenvalue weighted by Gasteiger charge is 2.20. The van der Waals surface area contributed by atoms with Gasteiger partial charge < -0.3 is 14.4 Å². The Hall–Kier alpha value is -8.18. The average molecular weight is 836 g/mol. The van der Waals surface area contributed by atoms with Gasteiger partial charge in [-0.3, -0.25) is 0 Å². The van der Waals surface area contributed by atoms with E-state index in [1.54, 1.807) is 0 Å². The highest BCUT2D eigenvalue weighted by atomic mass is 32.1. The zero-order chi connectivity index (χ0) is 42.4. The van der Waals surface area contributed by atoms with Crippen LogP contribution in [-0.4, -0.2) is 4.57 Å². The lowest BCUT2D eigenvalue weighted by Gasteiger charge is -2.30. The van der Waals surface area contributed by atoms with Crippen LogP contribution in [0.2, 0.25) is 0 Å². The Morgan fingerprint density at radius 3 is 1.48 bits per heavy atom. The zero-order valence-electron chi connectivity index (χ0n) is 34.9. The largest absolute Gasteiger partial charge is 0.310 e. The maximum Gasteiger partial charge on any atom is 0.0547 e. The van der Waals surface area contributed by atoms with Crippen molar-refractivity contribution in [2.45, 2.75) is 0 Å². The molecule has 64 heavy (non-hydrogen) atoms. The molecule has 0 fully saturated rings. The second-order valence-corrected chi connectivity index (χ2v) is 17.3. The number of aromatic nitrogens is 1. The van der Waals surface area contributed by atoms with E-state index in [0.717, 1.165) is 50.9 Å². The van der Waals surface area contributed by atoms with Gasteiger partial charge in [0.15, 0.2) is 0 Å². The van der Waals surface area contributed by atoms with Crippen molar-refractivity contribution in [3.05, 3.63) is 249 Å². The van der Waals surface area contributed by atoms with Crippen LogP contribution in [0.15, 0.2) is 249 Å². The first kappa shape index (κ1) is 37.6. The number of hydrogen-bond acceptors (Lipinski definition) is 3. The van der Waals surface area contributed by atoms with Crippen molar-refractivity contribution in [3.63, 3.8) is 0 Å². The molecule has 0 atom stereocenters. The smallest absolute Gasteiger partial charge is 0.0547 e. The average Bonchev–Trinajstić information content (AvgIpc) is 3.91. The second kappa shape index (κ2) is 15.9. The molecule has 12 rings (SSSR count). The van der Waals surface area contributed by atoms with Crippen molar-refractivity contribution in [3.8, 4) is 27.9 Å². The van der Waals surface area contributed by atoms with Gasteiger partial charge in [-0.15, -0.1) is 11.3 Å². The molecule has 302 valence electrons. The van der Waals surface area contributed by atoms with Crippen LogP contribution in [0, 0.1) is 0 Å². The molecule has 10 aromatic carbocycles. The van der Waals surface area contributed by atoms with Crippen molar-refractivity contribution < 1.29 is 0 Å². The molecule has 0 saturated heterocycles. The topological polar surface area (TPSA) is 11.4 Å². The Balaban J connectivity index is 1.03. The van der Waals surface area contributed by atoms with E-state index in [1.807, 2.05) is 11.3 Å². The van der Waals surface area contributed by atoms with E-state index in [-0.39, 0.29) is 0 Å². The number of thiophene rings is 1. The number of rotatable bonds is 9. The number of para-hydroxylation sites is 3. The van der Waals surface area contributed by atoms with Gasteiger partial charge in [0, 0.05) is 70.8 Å². The quantitative estimate of drug-likeness (QED) is 0.143. The van der Waals surface area contributed by atoms with E-state index in [1.165, 1.54) is 53.1 Å². The van der Waals surface area contributed by atoms with Crippen molar-refractivity contribution >= 4 is 87.4 Å². The second-order valence-electron chi connectivity index (χ2n) is 16.2. The lowest BCUT2D eigenvalue weighted by atomic mass is 10.0. The SMILES string of the molecule is c1ccc(-c2cccc(N(c3ccccc3)c3cccc(N(c4cccc(-c5ccc6c7ccccc7n(-c7ccccc7)c6c5)c4)c4ccc5sc6ccccc6c5c4)c3)c2)cc1. The molecule has 0 spiro atoms. The molecule has 2 aromatic heterocycles. The van der Waals surface area contributed by atoms with Gasteiger partial charge in [0.1, 0.15) is 0 Å². The van der Waals surface area contributed by atoms with Crippen LogP contribution >= 0.6 is 11.3 Å². The zero-order valence-corrected chi connectivity index (χ0v) is 35.7. The van der Waals surface area contributed by atoms with Crippen LogP contribution in [0.1, 0.15) is 0 Å². The number of nitrogens with zero attached hydrogens (tertiary/aromatic N) is 3. The first-order valence-corrected chi connectivity index (χ1v) is 22.6. The normalized spacial score (nSPS) is 11.4. The molecule has 0 saturated carbocycles. The fourth-order valence-corrected chi connectivity index (χ4v) is 10.5. The summed E-state index contributed by atoms with van der Waals surface area (Å²) in [4.78, 5) is 4.78. The van der Waals surface area contributed by atoms with E-state index in [4.69, 9.17) is 0 Å². The summed E-state index contributed by atoms with van der Waals surface area (Å²) in [5, 5.41) is 5.03. The number of benzene rings is 10. The van der Waals surface area contributed by atoms with Crippen molar-refractivity contribution in [1.29, 1.82) is 0 Å². The van der Waals surface area contributed by atoms with Crippen LogP contribution in [-0.2, 0) is 0 Å². The molecule has 0 aliphatic rings. The summed E-state index contributed by atoms with van der Waals surface area (Å²) in [6.07, 6.45) is 0. The minimum absolute atomic E-state index is 1.06. The summed E-state index contributed by atoms with van der Waals surface area (Å²) < 4.78 is 4.97. The molecule has 4 heteroatoms. The predicted octanol–water partition coefficient (Wildman–Crippen LogP) is 17.4. The van der Waals surface area contributed by atoms with Crippen LogP contribution < -0.4 is 9.80 Å². The van der Waals surface area contributed by atoms with Gasteiger partial charge in [0.2, 0.25) is 0 Å². The van der Waals surface area contributed by atoms with E-state index >= 15 is 0 Å². The van der Waals surface area contributed by atoms with Crippen LogP contribution in [0.4, 0.5) is 34.1 Å². The van der Waals surface area contributed by atoms with Crippen molar-refractivity contribution in [1.82, 2.24) is 4.57 Å². The molecule has 0 aliphatic carbocycles. The summed E-state index contributed by atoms with van der Waals surface area (Å²) in [6.45, 7) is 0. The Bertz CT molecular complexity index is 3630. The first-order chi connectivity index (χ1) is 31.7. The van der Waals surface area contributed by atoms with Crippen LogP contribution in [0.3, 0.4) is 0 Å². The van der Waals surface area contributed by atoms with Gasteiger partial charge in [-0.2, -0.15) is 0 Å². The molecule has 0 aliphatic heterocycles. The summed E-state index contributed by atoms with van der Waals surface area (Å²) in [5.74, 6) is 0. The third kappa shape index (κ3) is 6.69. The van der Waals surface area contributed by atoms with Crippen LogP contribution in [0.5, 0.6) is 0 Å². The van der Waals surface area contributed by atoms with Gasteiger partial charge in [-0.25, -0.2) is 0 Å². The highest BCUT2D eigenvalue weighted by molar-refractivity contribution is 7.25. The molecule has 12 aromatic rings. The molecular formula is C60H41N3S. The van der Waals surface area contributed by atoms with Crippen molar-refractivity contribution in [2.75, 3.05) is 9.80 Å². The van der Waals surface area contributed by atoms with Crippen LogP contribution in [0.25, 0.3) is 69.9 Å². The molecule has 0 bridgehead atoms. The molecule has 0 unspecified atom stereocenters. The summed E-state index contributed by atoms with van der Waals surface area (Å²) >= 11 is 1.85. The monoisotopic (exact) mass is 835 g/mol. The first-order valence-electron chi connectivity index (χ1n) is 21.7. The Kier molecular flexibility index (Phi) is 9.36. The van der Waals surface area contributed by atoms with Gasteiger partial charge in [0.05, 0.1) is 11.0 Å². The fraction of sp³-hybridized carbons (Fsp3) is 0. The Morgan fingerprint density at radius 1 is 0.266 bits per heavy atom. The molecule has 0 amide bonds. The minimum Gasteiger partial charge on any atom is -0.310 e. The maximum absolute atomic E-state index is 2.42. The van der Waals surface area contributed by atoms with E-state index < -0.39 is 0 Å². The number of anilines is 6. The maximum atomic E-state index is 2.42. The standard InChI is InChI=1S/C60H41N3S/c1-4-17-42(18-5-1)43-19-14-25-48(37-43)61(46-21-6-2-7-22-46)50-27-16-28-51(40-50)62(52-34-36-60-56(41-52)55-30-11-13-32-59(55)64-60)49-26-15-20-44(38-49)45-33-35-54-53-29-10-12-31-57(53)63(58(54)39-45)47-23-8-3-9-24-47/h1-41H. The summed E-state index contributed by atoms with van der Waals surface area (Å²) in [6, 6.07) is 90.2. The van der Waals surface area contributed by atoms with E-state index in [0.29, 0.717) is 0 Å². The molecule has 0 radical (unpaired) electrons. The fourth-order valence-electron chi connectivity index (χ4n) is 9.38. The lowest BCUT2D eigenvalue weighted by Crippen LogP contribution is -2.13. The lowest BCUT2D eigenvalue weighted by molar-refractivity contribution is 1.18. The molecular weight excluding hydrogens is 795 g/mol. The third-order valence-corrected chi connectivity index (χ3v) is 13.5. The van der Waals surface area contributed by atoms with E-state index in [9.17, 15) is 0 Å².